The number of fused-ring (bicyclic) bond motifs is 1. The van der Waals surface area contributed by atoms with Crippen LogP contribution in [0.2, 0.25) is 0 Å². The zero-order chi connectivity index (χ0) is 18.9. The molecule has 2 aliphatic heterocycles. The molecule has 7 nitrogen and oxygen atoms in total. The summed E-state index contributed by atoms with van der Waals surface area (Å²) in [6.07, 6.45) is 3.00. The highest BCUT2D eigenvalue weighted by molar-refractivity contribution is 7.90. The van der Waals surface area contributed by atoms with E-state index >= 15 is 0 Å². The average molecular weight is 388 g/mol. The SMILES string of the molecule is CCOC(=O)[C@@]12CCCN(S(=O)(=O)C3CC3)C[C@@H]1CN(CCN(C)C)C2. The van der Waals surface area contributed by atoms with Gasteiger partial charge in [0.1, 0.15) is 0 Å². The summed E-state index contributed by atoms with van der Waals surface area (Å²) in [7, 11) is 0.877. The lowest BCUT2D eigenvalue weighted by Gasteiger charge is -2.31. The van der Waals surface area contributed by atoms with Crippen LogP contribution < -0.4 is 0 Å². The van der Waals surface area contributed by atoms with E-state index in [4.69, 9.17) is 4.74 Å². The molecule has 0 bridgehead atoms. The first kappa shape index (κ1) is 20.0. The van der Waals surface area contributed by atoms with Gasteiger partial charge in [0.25, 0.3) is 0 Å². The number of nitrogens with zero attached hydrogens (tertiary/aromatic N) is 3. The van der Waals surface area contributed by atoms with Crippen molar-refractivity contribution >= 4 is 16.0 Å². The molecule has 3 rings (SSSR count). The standard InChI is InChI=1S/C18H33N3O4S/c1-4-25-17(22)18-8-5-9-21(26(23,24)16-6-7-16)13-15(18)12-20(14-18)11-10-19(2)3/h15-16H,4-14H2,1-3H3/t15-,18+/m0/s1. The molecule has 2 atom stereocenters. The molecule has 26 heavy (non-hydrogen) atoms. The van der Waals surface area contributed by atoms with Gasteiger partial charge in [-0.25, -0.2) is 12.7 Å². The molecule has 1 saturated carbocycles. The molecule has 2 saturated heterocycles. The summed E-state index contributed by atoms with van der Waals surface area (Å²) < 4.78 is 32.7. The van der Waals surface area contributed by atoms with E-state index in [1.807, 2.05) is 21.0 Å². The van der Waals surface area contributed by atoms with Crippen LogP contribution in [0.4, 0.5) is 0 Å². The second kappa shape index (κ2) is 7.73. The maximum absolute atomic E-state index is 12.9. The predicted octanol–water partition coefficient (Wildman–Crippen LogP) is 0.617. The van der Waals surface area contributed by atoms with Gasteiger partial charge in [-0.3, -0.25) is 4.79 Å². The number of carbonyl (C=O) groups is 1. The number of rotatable bonds is 7. The van der Waals surface area contributed by atoms with Crippen molar-refractivity contribution in [3.8, 4) is 0 Å². The van der Waals surface area contributed by atoms with Gasteiger partial charge in [0.05, 0.1) is 17.3 Å². The molecule has 0 aromatic heterocycles. The lowest BCUT2D eigenvalue weighted by molar-refractivity contribution is -0.157. The van der Waals surface area contributed by atoms with Crippen LogP contribution in [-0.2, 0) is 19.6 Å². The lowest BCUT2D eigenvalue weighted by Crippen LogP contribution is -2.44. The van der Waals surface area contributed by atoms with Crippen molar-refractivity contribution in [2.75, 3.05) is 60.0 Å². The summed E-state index contributed by atoms with van der Waals surface area (Å²) in [5.74, 6) is -0.122. The summed E-state index contributed by atoms with van der Waals surface area (Å²) in [5.41, 5.74) is -0.559. The van der Waals surface area contributed by atoms with Crippen LogP contribution in [0, 0.1) is 11.3 Å². The zero-order valence-electron chi connectivity index (χ0n) is 16.3. The fourth-order valence-corrected chi connectivity index (χ4v) is 6.36. The highest BCUT2D eigenvalue weighted by Gasteiger charge is 2.55. The molecule has 0 N–H and O–H groups in total. The minimum atomic E-state index is -3.20. The van der Waals surface area contributed by atoms with E-state index in [9.17, 15) is 13.2 Å². The molecular weight excluding hydrogens is 354 g/mol. The molecule has 8 heteroatoms. The monoisotopic (exact) mass is 387 g/mol. The Morgan fingerprint density at radius 3 is 2.62 bits per heavy atom. The Bertz CT molecular complexity index is 620. The number of likely N-dealkylation sites (tertiary alicyclic amines) is 1. The first-order chi connectivity index (χ1) is 12.3. The minimum Gasteiger partial charge on any atom is -0.466 e. The summed E-state index contributed by atoms with van der Waals surface area (Å²) in [5, 5.41) is -0.191. The van der Waals surface area contributed by atoms with Gasteiger partial charge in [-0.1, -0.05) is 0 Å². The molecule has 3 aliphatic rings. The highest BCUT2D eigenvalue weighted by atomic mass is 32.2. The van der Waals surface area contributed by atoms with E-state index in [1.165, 1.54) is 0 Å². The van der Waals surface area contributed by atoms with Crippen molar-refractivity contribution in [2.45, 2.75) is 37.9 Å². The molecule has 0 unspecified atom stereocenters. The topological polar surface area (TPSA) is 70.2 Å². The number of hydrogen-bond acceptors (Lipinski definition) is 6. The van der Waals surface area contributed by atoms with Gasteiger partial charge in [-0.2, -0.15) is 0 Å². The molecule has 0 radical (unpaired) electrons. The number of esters is 1. The van der Waals surface area contributed by atoms with E-state index in [-0.39, 0.29) is 17.1 Å². The Labute approximate surface area is 157 Å². The number of likely N-dealkylation sites (N-methyl/N-ethyl adjacent to an activating group) is 1. The molecule has 150 valence electrons. The molecule has 3 fully saturated rings. The maximum Gasteiger partial charge on any atom is 0.313 e. The van der Waals surface area contributed by atoms with Gasteiger partial charge in [0.15, 0.2) is 0 Å². The number of ether oxygens (including phenoxy) is 1. The van der Waals surface area contributed by atoms with Crippen LogP contribution in [-0.4, -0.2) is 93.7 Å². The van der Waals surface area contributed by atoms with E-state index in [1.54, 1.807) is 4.31 Å². The predicted molar refractivity (Wildman–Crippen MR) is 100 cm³/mol. The molecule has 1 aliphatic carbocycles. The van der Waals surface area contributed by atoms with Crippen LogP contribution in [0.1, 0.15) is 32.6 Å². The first-order valence-corrected chi connectivity index (χ1v) is 11.3. The molecule has 2 heterocycles. The molecule has 0 aromatic carbocycles. The third-order valence-electron chi connectivity index (χ3n) is 6.07. The lowest BCUT2D eigenvalue weighted by atomic mass is 9.75. The molecule has 0 spiro atoms. The quantitative estimate of drug-likeness (QED) is 0.597. The van der Waals surface area contributed by atoms with E-state index in [0.717, 1.165) is 38.9 Å². The first-order valence-electron chi connectivity index (χ1n) is 9.83. The van der Waals surface area contributed by atoms with Crippen molar-refractivity contribution < 1.29 is 17.9 Å². The van der Waals surface area contributed by atoms with Crippen LogP contribution in [0.25, 0.3) is 0 Å². The van der Waals surface area contributed by atoms with Crippen LogP contribution in [0.5, 0.6) is 0 Å². The van der Waals surface area contributed by atoms with Crippen LogP contribution >= 0.6 is 0 Å². The Balaban J connectivity index is 1.80. The second-order valence-electron chi connectivity index (χ2n) is 8.32. The third kappa shape index (κ3) is 3.93. The van der Waals surface area contributed by atoms with Gasteiger partial charge >= 0.3 is 5.97 Å². The van der Waals surface area contributed by atoms with Crippen molar-refractivity contribution in [1.29, 1.82) is 0 Å². The fraction of sp³-hybridized carbons (Fsp3) is 0.944. The molecular formula is C18H33N3O4S. The van der Waals surface area contributed by atoms with Crippen LogP contribution in [0.3, 0.4) is 0 Å². The number of sulfonamides is 1. The van der Waals surface area contributed by atoms with Gasteiger partial charge in [0.2, 0.25) is 10.0 Å². The highest BCUT2D eigenvalue weighted by Crippen LogP contribution is 2.45. The normalized spacial score (nSPS) is 31.0. The van der Waals surface area contributed by atoms with Gasteiger partial charge < -0.3 is 14.5 Å². The zero-order valence-corrected chi connectivity index (χ0v) is 17.1. The molecule has 0 amide bonds. The largest absolute Gasteiger partial charge is 0.466 e. The summed E-state index contributed by atoms with van der Waals surface area (Å²) in [4.78, 5) is 17.4. The Morgan fingerprint density at radius 2 is 2.00 bits per heavy atom. The third-order valence-corrected chi connectivity index (χ3v) is 8.44. The van der Waals surface area contributed by atoms with Crippen molar-refractivity contribution in [1.82, 2.24) is 14.1 Å². The van der Waals surface area contributed by atoms with Gasteiger partial charge in [-0.15, -0.1) is 0 Å². The minimum absolute atomic E-state index is 0.0136. The Kier molecular flexibility index (Phi) is 5.96. The van der Waals surface area contributed by atoms with E-state index in [2.05, 4.69) is 9.80 Å². The van der Waals surface area contributed by atoms with E-state index in [0.29, 0.717) is 32.7 Å². The second-order valence-corrected chi connectivity index (χ2v) is 10.5. The van der Waals surface area contributed by atoms with Gasteiger partial charge in [-0.05, 0) is 46.7 Å². The Morgan fingerprint density at radius 1 is 1.27 bits per heavy atom. The van der Waals surface area contributed by atoms with Crippen LogP contribution in [0.15, 0.2) is 0 Å². The Hall–Kier alpha value is -0.700. The molecule has 0 aromatic rings. The fourth-order valence-electron chi connectivity index (χ4n) is 4.43. The summed E-state index contributed by atoms with van der Waals surface area (Å²) >= 11 is 0. The number of hydrogen-bond donors (Lipinski definition) is 0. The van der Waals surface area contributed by atoms with E-state index < -0.39 is 15.4 Å². The number of carbonyl (C=O) groups excluding carboxylic acids is 1. The maximum atomic E-state index is 12.9. The average Bonchev–Trinajstić information content (AvgIpc) is 3.39. The van der Waals surface area contributed by atoms with Crippen molar-refractivity contribution in [3.05, 3.63) is 0 Å². The smallest absolute Gasteiger partial charge is 0.313 e. The van der Waals surface area contributed by atoms with Crippen molar-refractivity contribution in [2.24, 2.45) is 11.3 Å². The van der Waals surface area contributed by atoms with Crippen molar-refractivity contribution in [3.63, 3.8) is 0 Å². The van der Waals surface area contributed by atoms with Gasteiger partial charge in [0, 0.05) is 45.2 Å². The summed E-state index contributed by atoms with van der Waals surface area (Å²) in [6.45, 7) is 6.46. The summed E-state index contributed by atoms with van der Waals surface area (Å²) in [6, 6.07) is 0.